The topological polar surface area (TPSA) is 77.5 Å². The number of aromatic nitrogens is 1. The van der Waals surface area contributed by atoms with Gasteiger partial charge in [-0.25, -0.2) is 9.78 Å². The Balaban J connectivity index is 1.48. The van der Waals surface area contributed by atoms with Gasteiger partial charge in [-0.3, -0.25) is 4.79 Å². The number of amides is 1. The quantitative estimate of drug-likeness (QED) is 0.516. The molecule has 156 valence electrons. The van der Waals surface area contributed by atoms with Crippen molar-refractivity contribution in [3.05, 3.63) is 80.8 Å². The molecule has 3 rings (SSSR count). The number of thiazole rings is 1. The molecular formula is C22H21ClN2O4S. The van der Waals surface area contributed by atoms with Gasteiger partial charge < -0.3 is 14.8 Å². The summed E-state index contributed by atoms with van der Waals surface area (Å²) >= 11 is 7.64. The Bertz CT molecular complexity index is 1020. The fourth-order valence-electron chi connectivity index (χ4n) is 2.57. The molecule has 0 fully saturated rings. The lowest BCUT2D eigenvalue weighted by atomic mass is 10.2. The first-order valence-corrected chi connectivity index (χ1v) is 10.5. The lowest BCUT2D eigenvalue weighted by Crippen LogP contribution is -2.35. The van der Waals surface area contributed by atoms with Gasteiger partial charge in [0.25, 0.3) is 5.91 Å². The molecule has 0 saturated heterocycles. The molecule has 0 aliphatic heterocycles. The van der Waals surface area contributed by atoms with Crippen molar-refractivity contribution >= 4 is 34.8 Å². The van der Waals surface area contributed by atoms with Crippen LogP contribution in [0.1, 0.15) is 33.5 Å². The van der Waals surface area contributed by atoms with Gasteiger partial charge in [0.2, 0.25) is 0 Å². The van der Waals surface area contributed by atoms with Crippen molar-refractivity contribution in [3.8, 4) is 5.75 Å². The Labute approximate surface area is 183 Å². The summed E-state index contributed by atoms with van der Waals surface area (Å²) in [7, 11) is 0. The lowest BCUT2D eigenvalue weighted by Gasteiger charge is -2.14. The summed E-state index contributed by atoms with van der Waals surface area (Å²) in [6.45, 7) is 4.07. The number of nitrogens with one attached hydrogen (secondary N) is 1. The minimum atomic E-state index is -0.941. The molecule has 0 bridgehead atoms. The third-order valence-corrected chi connectivity index (χ3v) is 5.40. The smallest absolute Gasteiger partial charge is 0.338 e. The molecule has 0 radical (unpaired) electrons. The van der Waals surface area contributed by atoms with E-state index in [0.717, 1.165) is 16.3 Å². The third-order valence-electron chi connectivity index (χ3n) is 4.21. The molecule has 1 N–H and O–H groups in total. The molecule has 8 heteroatoms. The average molecular weight is 445 g/mol. The van der Waals surface area contributed by atoms with Crippen LogP contribution in [0.5, 0.6) is 5.75 Å². The zero-order chi connectivity index (χ0) is 21.5. The number of carbonyl (C=O) groups is 2. The summed E-state index contributed by atoms with van der Waals surface area (Å²) in [5.41, 5.74) is 1.98. The van der Waals surface area contributed by atoms with Crippen LogP contribution in [0.25, 0.3) is 0 Å². The van der Waals surface area contributed by atoms with E-state index in [1.54, 1.807) is 41.7 Å². The summed E-state index contributed by atoms with van der Waals surface area (Å²) in [6, 6.07) is 13.8. The zero-order valence-corrected chi connectivity index (χ0v) is 18.1. The monoisotopic (exact) mass is 444 g/mol. The van der Waals surface area contributed by atoms with Gasteiger partial charge in [-0.05, 0) is 49.7 Å². The Morgan fingerprint density at radius 1 is 1.17 bits per heavy atom. The predicted molar refractivity (Wildman–Crippen MR) is 116 cm³/mol. The fourth-order valence-corrected chi connectivity index (χ4v) is 3.37. The number of benzene rings is 2. The molecule has 1 heterocycles. The van der Waals surface area contributed by atoms with E-state index in [9.17, 15) is 9.59 Å². The van der Waals surface area contributed by atoms with E-state index in [2.05, 4.69) is 10.3 Å². The van der Waals surface area contributed by atoms with Gasteiger partial charge in [-0.15, -0.1) is 11.3 Å². The van der Waals surface area contributed by atoms with Gasteiger partial charge in [0.15, 0.2) is 6.10 Å². The van der Waals surface area contributed by atoms with Crippen molar-refractivity contribution in [3.63, 3.8) is 0 Å². The highest BCUT2D eigenvalue weighted by Gasteiger charge is 2.19. The largest absolute Gasteiger partial charge is 0.487 e. The molecule has 2 aromatic carbocycles. The van der Waals surface area contributed by atoms with E-state index in [1.807, 2.05) is 30.5 Å². The minimum absolute atomic E-state index is 0.255. The van der Waals surface area contributed by atoms with E-state index in [0.29, 0.717) is 22.9 Å². The number of carbonyl (C=O) groups excluding carboxylic acids is 2. The summed E-state index contributed by atoms with van der Waals surface area (Å²) in [5.74, 6) is -0.374. The molecule has 0 aliphatic carbocycles. The molecule has 1 atom stereocenters. The Morgan fingerprint density at radius 3 is 2.57 bits per heavy atom. The number of halogens is 1. The van der Waals surface area contributed by atoms with Crippen molar-refractivity contribution in [1.29, 1.82) is 0 Å². The molecule has 1 aromatic heterocycles. The molecule has 0 aliphatic rings. The zero-order valence-electron chi connectivity index (χ0n) is 16.6. The van der Waals surface area contributed by atoms with Crippen LogP contribution in [0.4, 0.5) is 0 Å². The highest BCUT2D eigenvalue weighted by atomic mass is 35.5. The van der Waals surface area contributed by atoms with Crippen LogP contribution < -0.4 is 10.1 Å². The number of aryl methyl sites for hydroxylation is 1. The molecule has 0 spiro atoms. The van der Waals surface area contributed by atoms with Crippen molar-refractivity contribution in [2.45, 2.75) is 33.1 Å². The first-order valence-electron chi connectivity index (χ1n) is 9.28. The van der Waals surface area contributed by atoms with Gasteiger partial charge in [0.05, 0.1) is 16.3 Å². The first-order chi connectivity index (χ1) is 14.4. The molecule has 3 aromatic rings. The maximum Gasteiger partial charge on any atom is 0.338 e. The van der Waals surface area contributed by atoms with Gasteiger partial charge in [-0.1, -0.05) is 29.8 Å². The summed E-state index contributed by atoms with van der Waals surface area (Å²) < 4.78 is 10.9. The van der Waals surface area contributed by atoms with Gasteiger partial charge in [0, 0.05) is 16.9 Å². The van der Waals surface area contributed by atoms with Crippen LogP contribution in [0.3, 0.4) is 0 Å². The predicted octanol–water partition coefficient (Wildman–Crippen LogP) is 4.55. The minimum Gasteiger partial charge on any atom is -0.487 e. The molecule has 30 heavy (non-hydrogen) atoms. The fraction of sp³-hybridized carbons (Fsp3) is 0.227. The Morgan fingerprint density at radius 2 is 1.90 bits per heavy atom. The molecule has 1 amide bonds. The number of esters is 1. The second-order valence-corrected chi connectivity index (χ2v) is 8.00. The Hall–Kier alpha value is -2.90. The van der Waals surface area contributed by atoms with Crippen LogP contribution in [0.2, 0.25) is 5.02 Å². The summed E-state index contributed by atoms with van der Waals surface area (Å²) in [5, 5.41) is 6.21. The van der Waals surface area contributed by atoms with E-state index in [-0.39, 0.29) is 6.54 Å². The van der Waals surface area contributed by atoms with Gasteiger partial charge in [-0.2, -0.15) is 0 Å². The number of nitrogens with zero attached hydrogens (tertiary/aromatic N) is 1. The standard InChI is InChI=1S/C22H21ClN2O4S/c1-14(21(26)24-11-17-5-3-4-6-20(17)23)29-22(27)16-7-9-19(10-8-16)28-12-18-13-30-15(2)25-18/h3-10,13-14H,11-12H2,1-2H3,(H,24,26). The summed E-state index contributed by atoms with van der Waals surface area (Å²) in [6.07, 6.45) is -0.941. The number of hydrogen-bond acceptors (Lipinski definition) is 6. The second kappa shape index (κ2) is 10.2. The van der Waals surface area contributed by atoms with Crippen LogP contribution in [0, 0.1) is 6.92 Å². The van der Waals surface area contributed by atoms with E-state index < -0.39 is 18.0 Å². The van der Waals surface area contributed by atoms with Crippen LogP contribution >= 0.6 is 22.9 Å². The van der Waals surface area contributed by atoms with E-state index in [1.165, 1.54) is 6.92 Å². The lowest BCUT2D eigenvalue weighted by molar-refractivity contribution is -0.129. The number of hydrogen-bond donors (Lipinski definition) is 1. The summed E-state index contributed by atoms with van der Waals surface area (Å²) in [4.78, 5) is 28.9. The first kappa shape index (κ1) is 21.8. The van der Waals surface area contributed by atoms with Gasteiger partial charge >= 0.3 is 5.97 Å². The second-order valence-electron chi connectivity index (χ2n) is 6.53. The number of rotatable bonds is 8. The Kier molecular flexibility index (Phi) is 7.43. The van der Waals surface area contributed by atoms with Crippen molar-refractivity contribution < 1.29 is 19.1 Å². The molecule has 6 nitrogen and oxygen atoms in total. The SMILES string of the molecule is Cc1nc(COc2ccc(C(=O)OC(C)C(=O)NCc3ccccc3Cl)cc2)cs1. The normalized spacial score (nSPS) is 11.6. The number of ether oxygens (including phenoxy) is 2. The van der Waals surface area contributed by atoms with Crippen LogP contribution in [-0.4, -0.2) is 23.0 Å². The highest BCUT2D eigenvalue weighted by Crippen LogP contribution is 2.17. The average Bonchev–Trinajstić information content (AvgIpc) is 3.17. The maximum atomic E-state index is 12.3. The third kappa shape index (κ3) is 6.05. The molecule has 1 unspecified atom stereocenters. The highest BCUT2D eigenvalue weighted by molar-refractivity contribution is 7.09. The van der Waals surface area contributed by atoms with Gasteiger partial charge in [0.1, 0.15) is 12.4 Å². The van der Waals surface area contributed by atoms with Crippen LogP contribution in [0.15, 0.2) is 53.9 Å². The van der Waals surface area contributed by atoms with E-state index in [4.69, 9.17) is 21.1 Å². The van der Waals surface area contributed by atoms with E-state index >= 15 is 0 Å². The van der Waals surface area contributed by atoms with Crippen LogP contribution in [-0.2, 0) is 22.7 Å². The van der Waals surface area contributed by atoms with Crippen molar-refractivity contribution in [2.75, 3.05) is 0 Å². The van der Waals surface area contributed by atoms with Crippen molar-refractivity contribution in [1.82, 2.24) is 10.3 Å². The maximum absolute atomic E-state index is 12.3. The van der Waals surface area contributed by atoms with Crippen molar-refractivity contribution in [2.24, 2.45) is 0 Å². The molecule has 0 saturated carbocycles. The molecular weight excluding hydrogens is 424 g/mol.